The fourth-order valence-electron chi connectivity index (χ4n) is 9.06. The van der Waals surface area contributed by atoms with Gasteiger partial charge in [0.15, 0.2) is 8.32 Å². The minimum absolute atomic E-state index is 0.518. The van der Waals surface area contributed by atoms with Crippen molar-refractivity contribution in [2.45, 2.75) is 137 Å². The Balaban J connectivity index is 1.49. The van der Waals surface area contributed by atoms with E-state index in [1.54, 1.807) is 0 Å². The maximum Gasteiger partial charge on any atom is 0.184 e. The maximum absolute atomic E-state index is 6.61. The predicted octanol–water partition coefficient (Wildman–Crippen LogP) is 9.39. The van der Waals surface area contributed by atoms with E-state index >= 15 is 0 Å². The van der Waals surface area contributed by atoms with Crippen LogP contribution in [0.3, 0.4) is 0 Å². The molecule has 3 saturated carbocycles. The van der Waals surface area contributed by atoms with Gasteiger partial charge in [-0.3, -0.25) is 0 Å². The molecule has 4 rings (SSSR count). The standard InChI is InChI=1S/C30H54OSi/c1-21(2)10-9-11-22(3)26-14-15-27-25-13-12-23-20-24(31-32(6,7)8)16-18-29(23,4)28(25)17-19-30(26,27)5/h21-24,26,28H,9-20H2,1-8H3/t22-,23+,24+,26-,28+,29+,30-/m1/s1. The highest BCUT2D eigenvalue weighted by Gasteiger charge is 2.55. The van der Waals surface area contributed by atoms with Crippen LogP contribution in [0.25, 0.3) is 0 Å². The van der Waals surface area contributed by atoms with Crippen molar-refractivity contribution >= 4 is 8.32 Å². The lowest BCUT2D eigenvalue weighted by Gasteiger charge is -2.57. The molecule has 0 N–H and O–H groups in total. The Hall–Kier alpha value is -0.0831. The molecule has 0 aromatic heterocycles. The van der Waals surface area contributed by atoms with Crippen LogP contribution in [0.4, 0.5) is 0 Å². The van der Waals surface area contributed by atoms with Gasteiger partial charge in [0, 0.05) is 6.10 Å². The van der Waals surface area contributed by atoms with E-state index in [0.717, 1.165) is 29.6 Å². The van der Waals surface area contributed by atoms with Crippen LogP contribution >= 0.6 is 0 Å². The molecule has 3 fully saturated rings. The van der Waals surface area contributed by atoms with Crippen LogP contribution in [0.15, 0.2) is 11.1 Å². The molecule has 0 bridgehead atoms. The lowest BCUT2D eigenvalue weighted by Crippen LogP contribution is -2.49. The van der Waals surface area contributed by atoms with Crippen LogP contribution in [0.5, 0.6) is 0 Å². The van der Waals surface area contributed by atoms with E-state index in [1.165, 1.54) is 77.0 Å². The van der Waals surface area contributed by atoms with Gasteiger partial charge in [-0.2, -0.15) is 0 Å². The molecular weight excluding hydrogens is 404 g/mol. The number of allylic oxidation sites excluding steroid dienone is 2. The van der Waals surface area contributed by atoms with Crippen molar-refractivity contribution in [3.05, 3.63) is 11.1 Å². The maximum atomic E-state index is 6.61. The Morgan fingerprint density at radius 3 is 2.38 bits per heavy atom. The van der Waals surface area contributed by atoms with E-state index < -0.39 is 8.32 Å². The summed E-state index contributed by atoms with van der Waals surface area (Å²) in [6.07, 6.45) is 17.5. The molecule has 0 aliphatic heterocycles. The number of hydrogen-bond donors (Lipinski definition) is 0. The molecule has 0 aromatic carbocycles. The topological polar surface area (TPSA) is 9.23 Å². The summed E-state index contributed by atoms with van der Waals surface area (Å²) in [5.41, 5.74) is 5.00. The largest absolute Gasteiger partial charge is 0.415 e. The fraction of sp³-hybridized carbons (Fsp3) is 0.933. The zero-order valence-electron chi connectivity index (χ0n) is 22.9. The average Bonchev–Trinajstić information content (AvgIpc) is 3.04. The van der Waals surface area contributed by atoms with Gasteiger partial charge in [0.25, 0.3) is 0 Å². The van der Waals surface area contributed by atoms with Gasteiger partial charge in [0.1, 0.15) is 0 Å². The SMILES string of the molecule is CC(C)CCC[C@@H](C)[C@H]1CCC2=C3CC[C@H]4C[C@@H](O[Si](C)(C)C)CC[C@]4(C)[C@H]3CC[C@@]21C. The molecule has 32 heavy (non-hydrogen) atoms. The highest BCUT2D eigenvalue weighted by Crippen LogP contribution is 2.66. The third-order valence-corrected chi connectivity index (χ3v) is 11.7. The van der Waals surface area contributed by atoms with Crippen LogP contribution in [0.2, 0.25) is 19.6 Å². The van der Waals surface area contributed by atoms with Gasteiger partial charge in [-0.25, -0.2) is 0 Å². The normalized spacial score (nSPS) is 40.8. The second-order valence-corrected chi connectivity index (χ2v) is 18.8. The summed E-state index contributed by atoms with van der Waals surface area (Å²) in [5.74, 6) is 4.46. The highest BCUT2D eigenvalue weighted by atomic mass is 28.4. The van der Waals surface area contributed by atoms with Crippen molar-refractivity contribution in [3.63, 3.8) is 0 Å². The molecule has 7 atom stereocenters. The smallest absolute Gasteiger partial charge is 0.184 e. The molecular formula is C30H54OSi. The van der Waals surface area contributed by atoms with Crippen molar-refractivity contribution in [1.29, 1.82) is 0 Å². The Labute approximate surface area is 201 Å². The van der Waals surface area contributed by atoms with E-state index in [0.29, 0.717) is 16.9 Å². The van der Waals surface area contributed by atoms with E-state index in [9.17, 15) is 0 Å². The first kappa shape index (κ1) is 25.0. The molecule has 0 saturated heterocycles. The first-order valence-electron chi connectivity index (χ1n) is 14.3. The molecule has 1 nitrogen and oxygen atoms in total. The van der Waals surface area contributed by atoms with E-state index in [1.807, 2.05) is 11.1 Å². The zero-order valence-corrected chi connectivity index (χ0v) is 23.9. The quantitative estimate of drug-likeness (QED) is 0.273. The van der Waals surface area contributed by atoms with Gasteiger partial charge in [-0.1, -0.05) is 65.0 Å². The van der Waals surface area contributed by atoms with Gasteiger partial charge in [0.2, 0.25) is 0 Å². The minimum Gasteiger partial charge on any atom is -0.415 e. The molecule has 0 unspecified atom stereocenters. The number of fused-ring (bicyclic) bond motifs is 4. The first-order valence-corrected chi connectivity index (χ1v) is 17.7. The Bertz CT molecular complexity index is 702. The predicted molar refractivity (Wildman–Crippen MR) is 141 cm³/mol. The van der Waals surface area contributed by atoms with Crippen LogP contribution in [0.1, 0.15) is 112 Å². The van der Waals surface area contributed by atoms with E-state index in [-0.39, 0.29) is 0 Å². The first-order chi connectivity index (χ1) is 14.9. The molecule has 0 heterocycles. The highest BCUT2D eigenvalue weighted by molar-refractivity contribution is 6.69. The summed E-state index contributed by atoms with van der Waals surface area (Å²) >= 11 is 0. The van der Waals surface area contributed by atoms with Crippen LogP contribution in [-0.2, 0) is 4.43 Å². The third kappa shape index (κ3) is 4.71. The summed E-state index contributed by atoms with van der Waals surface area (Å²) in [7, 11) is -1.43. The summed E-state index contributed by atoms with van der Waals surface area (Å²) in [6.45, 7) is 19.8. The van der Waals surface area contributed by atoms with Crippen LogP contribution < -0.4 is 0 Å². The monoisotopic (exact) mass is 458 g/mol. The number of hydrogen-bond acceptors (Lipinski definition) is 1. The van der Waals surface area contributed by atoms with Crippen molar-refractivity contribution in [1.82, 2.24) is 0 Å². The van der Waals surface area contributed by atoms with Gasteiger partial charge in [0.05, 0.1) is 0 Å². The van der Waals surface area contributed by atoms with Gasteiger partial charge < -0.3 is 4.43 Å². The molecule has 4 aliphatic carbocycles. The lowest BCUT2D eigenvalue weighted by atomic mass is 9.49. The van der Waals surface area contributed by atoms with Gasteiger partial charge >= 0.3 is 0 Å². The van der Waals surface area contributed by atoms with Crippen molar-refractivity contribution < 1.29 is 4.43 Å². The summed E-state index contributed by atoms with van der Waals surface area (Å²) in [5, 5.41) is 0. The summed E-state index contributed by atoms with van der Waals surface area (Å²) < 4.78 is 6.61. The number of rotatable bonds is 7. The van der Waals surface area contributed by atoms with E-state index in [2.05, 4.69) is 54.3 Å². The average molecular weight is 459 g/mol. The van der Waals surface area contributed by atoms with Gasteiger partial charge in [-0.15, -0.1) is 0 Å². The molecule has 0 amide bonds. The molecule has 2 heteroatoms. The van der Waals surface area contributed by atoms with Gasteiger partial charge in [-0.05, 0) is 118 Å². The van der Waals surface area contributed by atoms with Crippen molar-refractivity contribution in [2.24, 2.45) is 40.4 Å². The molecule has 0 radical (unpaired) electrons. The molecule has 4 aliphatic rings. The lowest BCUT2D eigenvalue weighted by molar-refractivity contribution is -0.0328. The summed E-state index contributed by atoms with van der Waals surface area (Å²) in [6, 6.07) is 0. The van der Waals surface area contributed by atoms with Crippen molar-refractivity contribution in [2.75, 3.05) is 0 Å². The Morgan fingerprint density at radius 1 is 0.938 bits per heavy atom. The Morgan fingerprint density at radius 2 is 1.69 bits per heavy atom. The third-order valence-electron chi connectivity index (χ3n) is 10.7. The molecule has 0 spiro atoms. The van der Waals surface area contributed by atoms with Crippen molar-refractivity contribution in [3.8, 4) is 0 Å². The van der Waals surface area contributed by atoms with Crippen LogP contribution in [0, 0.1) is 40.4 Å². The zero-order chi connectivity index (χ0) is 23.3. The van der Waals surface area contributed by atoms with E-state index in [4.69, 9.17) is 4.43 Å². The fourth-order valence-corrected chi connectivity index (χ4v) is 10.3. The molecule has 184 valence electrons. The molecule has 0 aromatic rings. The second-order valence-electron chi connectivity index (χ2n) is 14.3. The summed E-state index contributed by atoms with van der Waals surface area (Å²) in [4.78, 5) is 0. The minimum atomic E-state index is -1.43. The Kier molecular flexibility index (Phi) is 7.17. The second kappa shape index (κ2) is 9.18. The van der Waals surface area contributed by atoms with Crippen LogP contribution in [-0.4, -0.2) is 14.4 Å².